The van der Waals surface area contributed by atoms with Gasteiger partial charge in [-0.2, -0.15) is 5.10 Å². The Hall–Kier alpha value is -1.10. The van der Waals surface area contributed by atoms with Gasteiger partial charge in [-0.15, -0.1) is 0 Å². The van der Waals surface area contributed by atoms with Crippen molar-refractivity contribution >= 4 is 23.2 Å². The van der Waals surface area contributed by atoms with Crippen LogP contribution in [0.1, 0.15) is 37.7 Å². The Kier molecular flexibility index (Phi) is 5.40. The maximum atomic E-state index is 6.30. The van der Waals surface area contributed by atoms with Crippen LogP contribution in [-0.4, -0.2) is 21.3 Å². The molecule has 0 aliphatic carbocycles. The van der Waals surface area contributed by atoms with E-state index < -0.39 is 0 Å². The van der Waals surface area contributed by atoms with Crippen LogP contribution in [0.2, 0.25) is 10.0 Å². The molecule has 0 spiro atoms. The highest BCUT2D eigenvalue weighted by atomic mass is 35.5. The van der Waals surface area contributed by atoms with Gasteiger partial charge in [0.1, 0.15) is 0 Å². The van der Waals surface area contributed by atoms with E-state index in [2.05, 4.69) is 29.2 Å². The highest BCUT2D eigenvalue weighted by molar-refractivity contribution is 6.34. The monoisotopic (exact) mass is 312 g/mol. The molecule has 0 radical (unpaired) electrons. The number of nitrogens with one attached hydrogen (secondary N) is 1. The number of nitrogens with zero attached hydrogens (tertiary/aromatic N) is 3. The minimum absolute atomic E-state index is 0.0813. The number of hydrogen-bond donors (Lipinski definition) is 1. The summed E-state index contributed by atoms with van der Waals surface area (Å²) in [6.07, 6.45) is 4.45. The van der Waals surface area contributed by atoms with E-state index >= 15 is 0 Å². The van der Waals surface area contributed by atoms with Crippen molar-refractivity contribution in [3.8, 4) is 0 Å². The van der Waals surface area contributed by atoms with Crippen LogP contribution < -0.4 is 5.32 Å². The van der Waals surface area contributed by atoms with Crippen molar-refractivity contribution in [2.24, 2.45) is 0 Å². The number of hydrogen-bond acceptors (Lipinski definition) is 3. The zero-order valence-electron chi connectivity index (χ0n) is 11.6. The van der Waals surface area contributed by atoms with Crippen LogP contribution in [-0.2, 0) is 6.54 Å². The quantitative estimate of drug-likeness (QED) is 0.884. The second kappa shape index (κ2) is 7.07. The lowest BCUT2D eigenvalue weighted by atomic mass is 10.1. The van der Waals surface area contributed by atoms with Gasteiger partial charge in [0.05, 0.1) is 27.5 Å². The maximum absolute atomic E-state index is 6.30. The second-order valence-electron chi connectivity index (χ2n) is 4.48. The predicted octanol–water partition coefficient (Wildman–Crippen LogP) is 3.69. The van der Waals surface area contributed by atoms with Gasteiger partial charge in [-0.05, 0) is 32.0 Å². The SMILES string of the molecule is CCCNC(c1ncc(Cl)cc1Cl)c1ccnn1CC. The molecule has 0 aromatic carbocycles. The first-order valence-corrected chi connectivity index (χ1v) is 7.49. The van der Waals surface area contributed by atoms with Crippen molar-refractivity contribution < 1.29 is 0 Å². The molecule has 2 aromatic heterocycles. The molecule has 0 aliphatic rings. The Morgan fingerprint density at radius 2 is 2.15 bits per heavy atom. The lowest BCUT2D eigenvalue weighted by molar-refractivity contribution is 0.522. The van der Waals surface area contributed by atoms with Crippen molar-refractivity contribution in [3.05, 3.63) is 46.0 Å². The van der Waals surface area contributed by atoms with Gasteiger partial charge < -0.3 is 5.32 Å². The molecule has 108 valence electrons. The van der Waals surface area contributed by atoms with E-state index in [-0.39, 0.29) is 6.04 Å². The zero-order chi connectivity index (χ0) is 14.5. The van der Waals surface area contributed by atoms with Crippen molar-refractivity contribution in [2.45, 2.75) is 32.9 Å². The minimum Gasteiger partial charge on any atom is -0.304 e. The molecule has 0 saturated carbocycles. The van der Waals surface area contributed by atoms with Gasteiger partial charge in [-0.1, -0.05) is 30.1 Å². The maximum Gasteiger partial charge on any atom is 0.0937 e. The zero-order valence-corrected chi connectivity index (χ0v) is 13.1. The van der Waals surface area contributed by atoms with E-state index in [4.69, 9.17) is 23.2 Å². The molecule has 0 fully saturated rings. The van der Waals surface area contributed by atoms with Crippen molar-refractivity contribution in [1.29, 1.82) is 0 Å². The fraction of sp³-hybridized carbons (Fsp3) is 0.429. The first kappa shape index (κ1) is 15.3. The van der Waals surface area contributed by atoms with E-state index in [9.17, 15) is 0 Å². The van der Waals surface area contributed by atoms with E-state index in [0.29, 0.717) is 10.0 Å². The van der Waals surface area contributed by atoms with Gasteiger partial charge >= 0.3 is 0 Å². The third kappa shape index (κ3) is 3.32. The van der Waals surface area contributed by atoms with E-state index in [1.165, 1.54) is 0 Å². The average molecular weight is 313 g/mol. The van der Waals surface area contributed by atoms with Crippen LogP contribution in [0.4, 0.5) is 0 Å². The molecule has 20 heavy (non-hydrogen) atoms. The number of aromatic nitrogens is 3. The molecule has 2 rings (SSSR count). The summed E-state index contributed by atoms with van der Waals surface area (Å²) in [6, 6.07) is 3.63. The fourth-order valence-corrected chi connectivity index (χ4v) is 2.61. The molecule has 6 heteroatoms. The molecule has 0 saturated heterocycles. The molecular weight excluding hydrogens is 295 g/mol. The number of aryl methyl sites for hydroxylation is 1. The molecule has 4 nitrogen and oxygen atoms in total. The molecule has 2 heterocycles. The Labute approximate surface area is 129 Å². The molecule has 1 unspecified atom stereocenters. The average Bonchev–Trinajstić information content (AvgIpc) is 2.89. The van der Waals surface area contributed by atoms with Crippen LogP contribution in [0, 0.1) is 0 Å². The molecule has 0 amide bonds. The lowest BCUT2D eigenvalue weighted by Crippen LogP contribution is -2.26. The standard InChI is InChI=1S/C14H18Cl2N4/c1-3-6-17-14(12-5-7-19-20(12)4-2)13-11(16)8-10(15)9-18-13/h5,7-9,14,17H,3-4,6H2,1-2H3. The first-order valence-electron chi connectivity index (χ1n) is 6.73. The lowest BCUT2D eigenvalue weighted by Gasteiger charge is -2.20. The summed E-state index contributed by atoms with van der Waals surface area (Å²) in [5.41, 5.74) is 1.83. The molecule has 2 aromatic rings. The first-order chi connectivity index (χ1) is 9.67. The largest absolute Gasteiger partial charge is 0.304 e. The normalized spacial score (nSPS) is 12.6. The summed E-state index contributed by atoms with van der Waals surface area (Å²) >= 11 is 12.2. The highest BCUT2D eigenvalue weighted by Crippen LogP contribution is 2.28. The van der Waals surface area contributed by atoms with Gasteiger partial charge in [0.15, 0.2) is 0 Å². The van der Waals surface area contributed by atoms with Gasteiger partial charge in [0.2, 0.25) is 0 Å². The molecule has 0 aliphatic heterocycles. The molecule has 1 atom stereocenters. The topological polar surface area (TPSA) is 42.7 Å². The third-order valence-electron chi connectivity index (χ3n) is 3.05. The van der Waals surface area contributed by atoms with Gasteiger partial charge in [0, 0.05) is 18.9 Å². The van der Waals surface area contributed by atoms with Crippen molar-refractivity contribution in [3.63, 3.8) is 0 Å². The summed E-state index contributed by atoms with van der Waals surface area (Å²) in [6.45, 7) is 5.86. The number of pyridine rings is 1. The van der Waals surface area contributed by atoms with Crippen LogP contribution >= 0.6 is 23.2 Å². The summed E-state index contributed by atoms with van der Waals surface area (Å²) in [5.74, 6) is 0. The van der Waals surface area contributed by atoms with Crippen LogP contribution in [0.25, 0.3) is 0 Å². The van der Waals surface area contributed by atoms with Crippen LogP contribution in [0.3, 0.4) is 0 Å². The summed E-state index contributed by atoms with van der Waals surface area (Å²) in [7, 11) is 0. The number of halogens is 2. The molecule has 0 bridgehead atoms. The Morgan fingerprint density at radius 1 is 1.35 bits per heavy atom. The Bertz CT molecular complexity index is 568. The van der Waals surface area contributed by atoms with Gasteiger partial charge in [0.25, 0.3) is 0 Å². The fourth-order valence-electron chi connectivity index (χ4n) is 2.12. The van der Waals surface area contributed by atoms with Crippen molar-refractivity contribution in [2.75, 3.05) is 6.54 Å². The molecular formula is C14H18Cl2N4. The number of rotatable bonds is 6. The Morgan fingerprint density at radius 3 is 2.80 bits per heavy atom. The summed E-state index contributed by atoms with van der Waals surface area (Å²) in [5, 5.41) is 8.89. The second-order valence-corrected chi connectivity index (χ2v) is 5.32. The van der Waals surface area contributed by atoms with Crippen LogP contribution in [0.5, 0.6) is 0 Å². The van der Waals surface area contributed by atoms with Crippen molar-refractivity contribution in [1.82, 2.24) is 20.1 Å². The van der Waals surface area contributed by atoms with Gasteiger partial charge in [-0.25, -0.2) is 0 Å². The van der Waals surface area contributed by atoms with Crippen LogP contribution in [0.15, 0.2) is 24.5 Å². The summed E-state index contributed by atoms with van der Waals surface area (Å²) in [4.78, 5) is 4.39. The molecule has 1 N–H and O–H groups in total. The Balaban J connectivity index is 2.41. The van der Waals surface area contributed by atoms with E-state index in [1.54, 1.807) is 18.5 Å². The van der Waals surface area contributed by atoms with E-state index in [1.807, 2.05) is 10.7 Å². The van der Waals surface area contributed by atoms with Gasteiger partial charge in [-0.3, -0.25) is 9.67 Å². The highest BCUT2D eigenvalue weighted by Gasteiger charge is 2.21. The predicted molar refractivity (Wildman–Crippen MR) is 82.3 cm³/mol. The summed E-state index contributed by atoms with van der Waals surface area (Å²) < 4.78 is 1.94. The third-order valence-corrected chi connectivity index (χ3v) is 3.56. The smallest absolute Gasteiger partial charge is 0.0937 e. The van der Waals surface area contributed by atoms with E-state index in [0.717, 1.165) is 30.9 Å². The minimum atomic E-state index is -0.0813.